The number of nitrogens with two attached hydrogens (primary N) is 1. The van der Waals surface area contributed by atoms with Gasteiger partial charge in [0, 0.05) is 17.5 Å². The molecule has 2 rings (SSSR count). The van der Waals surface area contributed by atoms with Gasteiger partial charge in [0.15, 0.2) is 0 Å². The van der Waals surface area contributed by atoms with Gasteiger partial charge in [0.25, 0.3) is 0 Å². The van der Waals surface area contributed by atoms with E-state index in [9.17, 15) is 0 Å². The molecule has 1 nitrogen and oxygen atoms in total. The van der Waals surface area contributed by atoms with Crippen molar-refractivity contribution >= 4 is 0 Å². The van der Waals surface area contributed by atoms with Crippen molar-refractivity contribution in [3.63, 3.8) is 0 Å². The summed E-state index contributed by atoms with van der Waals surface area (Å²) in [6.45, 7) is 4.87. The molecule has 0 saturated heterocycles. The standard InChI is InChI=1S/C17H19N/c1-2-9-17(16-12-7-4-8-13-16)18-14-15-10-5-3-6-11-15/h2-8,10-13,17-18H,1,9,14H2/p+1/t17-/m1/s1. The molecule has 0 unspecified atom stereocenters. The molecule has 2 aromatic carbocycles. The maximum absolute atomic E-state index is 3.86. The minimum absolute atomic E-state index is 0.462. The Hall–Kier alpha value is -1.86. The van der Waals surface area contributed by atoms with Gasteiger partial charge in [0.2, 0.25) is 0 Å². The van der Waals surface area contributed by atoms with Crippen LogP contribution in [0.5, 0.6) is 0 Å². The van der Waals surface area contributed by atoms with Crippen LogP contribution in [0.15, 0.2) is 73.3 Å². The molecule has 0 heterocycles. The maximum atomic E-state index is 3.86. The molecule has 0 aliphatic heterocycles. The van der Waals surface area contributed by atoms with E-state index >= 15 is 0 Å². The number of quaternary nitrogens is 1. The Balaban J connectivity index is 2.01. The predicted octanol–water partition coefficient (Wildman–Crippen LogP) is 3.07. The van der Waals surface area contributed by atoms with Crippen LogP contribution in [0.25, 0.3) is 0 Å². The molecule has 0 fully saturated rings. The van der Waals surface area contributed by atoms with Gasteiger partial charge >= 0.3 is 0 Å². The summed E-state index contributed by atoms with van der Waals surface area (Å²) in [5.41, 5.74) is 2.73. The van der Waals surface area contributed by atoms with Crippen molar-refractivity contribution in [1.29, 1.82) is 0 Å². The lowest BCUT2D eigenvalue weighted by Crippen LogP contribution is -2.83. The highest BCUT2D eigenvalue weighted by molar-refractivity contribution is 5.18. The maximum Gasteiger partial charge on any atom is 0.115 e. The normalized spacial score (nSPS) is 12.0. The van der Waals surface area contributed by atoms with Crippen LogP contribution in [0.3, 0.4) is 0 Å². The molecule has 0 radical (unpaired) electrons. The van der Waals surface area contributed by atoms with Gasteiger partial charge in [-0.1, -0.05) is 66.7 Å². The Morgan fingerprint density at radius 3 is 2.17 bits per heavy atom. The van der Waals surface area contributed by atoms with Crippen molar-refractivity contribution in [3.05, 3.63) is 84.4 Å². The van der Waals surface area contributed by atoms with E-state index < -0.39 is 0 Å². The first-order chi connectivity index (χ1) is 8.90. The predicted molar refractivity (Wildman–Crippen MR) is 76.1 cm³/mol. The monoisotopic (exact) mass is 238 g/mol. The van der Waals surface area contributed by atoms with Gasteiger partial charge < -0.3 is 5.32 Å². The van der Waals surface area contributed by atoms with Gasteiger partial charge in [0.1, 0.15) is 12.6 Å². The number of rotatable bonds is 6. The third kappa shape index (κ3) is 3.57. The molecule has 0 spiro atoms. The van der Waals surface area contributed by atoms with Gasteiger partial charge in [-0.2, -0.15) is 0 Å². The summed E-state index contributed by atoms with van der Waals surface area (Å²) in [6.07, 6.45) is 3.00. The Labute approximate surface area is 109 Å². The molecule has 0 amide bonds. The quantitative estimate of drug-likeness (QED) is 0.745. The molecule has 92 valence electrons. The highest BCUT2D eigenvalue weighted by Crippen LogP contribution is 2.12. The second-order valence-electron chi connectivity index (χ2n) is 4.47. The zero-order valence-electron chi connectivity index (χ0n) is 10.6. The molecular weight excluding hydrogens is 218 g/mol. The van der Waals surface area contributed by atoms with E-state index in [1.165, 1.54) is 11.1 Å². The molecule has 0 aromatic heterocycles. The molecule has 0 aliphatic rings. The molecule has 0 aliphatic carbocycles. The Morgan fingerprint density at radius 2 is 1.56 bits per heavy atom. The van der Waals surface area contributed by atoms with Crippen LogP contribution in [0.2, 0.25) is 0 Å². The van der Waals surface area contributed by atoms with Crippen molar-refractivity contribution < 1.29 is 5.32 Å². The third-order valence-corrected chi connectivity index (χ3v) is 3.13. The van der Waals surface area contributed by atoms with Crippen LogP contribution in [0.1, 0.15) is 23.6 Å². The molecular formula is C17H20N+. The van der Waals surface area contributed by atoms with E-state index in [-0.39, 0.29) is 0 Å². The molecule has 2 aromatic rings. The number of hydrogen-bond donors (Lipinski definition) is 1. The average Bonchev–Trinajstić information content (AvgIpc) is 2.45. The van der Waals surface area contributed by atoms with Crippen molar-refractivity contribution in [2.45, 2.75) is 19.0 Å². The first kappa shape index (κ1) is 12.6. The van der Waals surface area contributed by atoms with Gasteiger partial charge in [-0.05, 0) is 0 Å². The summed E-state index contributed by atoms with van der Waals surface area (Å²) in [5.74, 6) is 0. The highest BCUT2D eigenvalue weighted by Gasteiger charge is 2.12. The largest absolute Gasteiger partial charge is 0.336 e. The zero-order chi connectivity index (χ0) is 12.6. The van der Waals surface area contributed by atoms with E-state index in [0.717, 1.165) is 13.0 Å². The van der Waals surface area contributed by atoms with Gasteiger partial charge in [-0.15, -0.1) is 6.58 Å². The summed E-state index contributed by atoms with van der Waals surface area (Å²) in [6, 6.07) is 21.7. The smallest absolute Gasteiger partial charge is 0.115 e. The van der Waals surface area contributed by atoms with Crippen molar-refractivity contribution in [3.8, 4) is 0 Å². The minimum Gasteiger partial charge on any atom is -0.336 e. The summed E-state index contributed by atoms with van der Waals surface area (Å²) in [4.78, 5) is 0. The molecule has 0 bridgehead atoms. The van der Waals surface area contributed by atoms with E-state index in [4.69, 9.17) is 0 Å². The van der Waals surface area contributed by atoms with Gasteiger partial charge in [-0.25, -0.2) is 0 Å². The first-order valence-electron chi connectivity index (χ1n) is 6.43. The Morgan fingerprint density at radius 1 is 0.944 bits per heavy atom. The zero-order valence-corrected chi connectivity index (χ0v) is 10.6. The Bertz CT molecular complexity index is 461. The lowest BCUT2D eigenvalue weighted by molar-refractivity contribution is -0.710. The van der Waals surface area contributed by atoms with Crippen LogP contribution in [-0.2, 0) is 6.54 Å². The van der Waals surface area contributed by atoms with E-state index in [2.05, 4.69) is 72.6 Å². The summed E-state index contributed by atoms with van der Waals surface area (Å²) in [5, 5.41) is 2.38. The van der Waals surface area contributed by atoms with E-state index in [1.54, 1.807) is 0 Å². The number of benzene rings is 2. The van der Waals surface area contributed by atoms with Gasteiger partial charge in [-0.3, -0.25) is 0 Å². The van der Waals surface area contributed by atoms with Crippen molar-refractivity contribution in [2.75, 3.05) is 0 Å². The van der Waals surface area contributed by atoms with Crippen LogP contribution < -0.4 is 5.32 Å². The second kappa shape index (κ2) is 6.77. The van der Waals surface area contributed by atoms with Gasteiger partial charge in [0.05, 0.1) is 0 Å². The summed E-state index contributed by atoms with van der Waals surface area (Å²) < 4.78 is 0. The van der Waals surface area contributed by atoms with Crippen molar-refractivity contribution in [2.24, 2.45) is 0 Å². The molecule has 0 saturated carbocycles. The van der Waals surface area contributed by atoms with E-state index in [1.807, 2.05) is 6.08 Å². The highest BCUT2D eigenvalue weighted by atomic mass is 14.9. The molecule has 1 atom stereocenters. The lowest BCUT2D eigenvalue weighted by Gasteiger charge is -2.14. The first-order valence-corrected chi connectivity index (χ1v) is 6.43. The van der Waals surface area contributed by atoms with Crippen LogP contribution in [-0.4, -0.2) is 0 Å². The van der Waals surface area contributed by atoms with Crippen LogP contribution in [0, 0.1) is 0 Å². The third-order valence-electron chi connectivity index (χ3n) is 3.13. The topological polar surface area (TPSA) is 16.6 Å². The Kier molecular flexibility index (Phi) is 4.74. The molecule has 1 heteroatoms. The number of hydrogen-bond acceptors (Lipinski definition) is 0. The second-order valence-corrected chi connectivity index (χ2v) is 4.47. The summed E-state index contributed by atoms with van der Waals surface area (Å²) in [7, 11) is 0. The van der Waals surface area contributed by atoms with Crippen molar-refractivity contribution in [1.82, 2.24) is 0 Å². The molecule has 2 N–H and O–H groups in total. The fourth-order valence-corrected chi connectivity index (χ4v) is 2.14. The fourth-order valence-electron chi connectivity index (χ4n) is 2.14. The molecule has 18 heavy (non-hydrogen) atoms. The SMILES string of the molecule is C=CC[C@@H]([NH2+]Cc1ccccc1)c1ccccc1. The van der Waals surface area contributed by atoms with Crippen LogP contribution >= 0.6 is 0 Å². The average molecular weight is 238 g/mol. The summed E-state index contributed by atoms with van der Waals surface area (Å²) >= 11 is 0. The fraction of sp³-hybridized carbons (Fsp3) is 0.176. The van der Waals surface area contributed by atoms with E-state index in [0.29, 0.717) is 6.04 Å². The van der Waals surface area contributed by atoms with Crippen LogP contribution in [0.4, 0.5) is 0 Å². The lowest BCUT2D eigenvalue weighted by atomic mass is 10.0. The minimum atomic E-state index is 0.462.